The minimum Gasteiger partial charge on any atom is -0.330 e. The molecular weight excluding hydrogens is 203 g/mol. The molecule has 0 aliphatic heterocycles. The second kappa shape index (κ2) is 7.36. The highest BCUT2D eigenvalue weighted by atomic mass is 19.1. The second-order valence-electron chi connectivity index (χ2n) is 4.18. The van der Waals surface area contributed by atoms with Crippen molar-refractivity contribution < 1.29 is 4.39 Å². The van der Waals surface area contributed by atoms with Gasteiger partial charge in [-0.05, 0) is 57.1 Å². The van der Waals surface area contributed by atoms with Crippen LogP contribution in [0.1, 0.15) is 18.4 Å². The fourth-order valence-corrected chi connectivity index (χ4v) is 1.65. The van der Waals surface area contributed by atoms with Crippen molar-refractivity contribution >= 4 is 0 Å². The number of unbranched alkanes of at least 4 members (excludes halogenated alkanes) is 1. The summed E-state index contributed by atoms with van der Waals surface area (Å²) < 4.78 is 12.9. The van der Waals surface area contributed by atoms with Gasteiger partial charge in [-0.2, -0.15) is 0 Å². The minimum atomic E-state index is -0.150. The molecule has 0 spiro atoms. The summed E-state index contributed by atoms with van der Waals surface area (Å²) in [5.41, 5.74) is 6.50. The molecule has 16 heavy (non-hydrogen) atoms. The fraction of sp³-hybridized carbons (Fsp3) is 0.538. The first-order valence-electron chi connectivity index (χ1n) is 5.85. The lowest BCUT2D eigenvalue weighted by Crippen LogP contribution is -2.23. The van der Waals surface area contributed by atoms with E-state index in [1.54, 1.807) is 12.1 Å². The summed E-state index contributed by atoms with van der Waals surface area (Å²) in [5, 5.41) is 0. The van der Waals surface area contributed by atoms with Gasteiger partial charge in [0.1, 0.15) is 5.82 Å². The predicted octanol–water partition coefficient (Wildman–Crippen LogP) is 2.04. The van der Waals surface area contributed by atoms with Crippen molar-refractivity contribution in [1.82, 2.24) is 4.90 Å². The summed E-state index contributed by atoms with van der Waals surface area (Å²) in [6.07, 6.45) is 3.11. The first-order chi connectivity index (χ1) is 7.72. The fourth-order valence-electron chi connectivity index (χ4n) is 1.65. The van der Waals surface area contributed by atoms with Crippen LogP contribution in [0.5, 0.6) is 0 Å². The zero-order valence-corrected chi connectivity index (χ0v) is 9.95. The van der Waals surface area contributed by atoms with Gasteiger partial charge >= 0.3 is 0 Å². The minimum absolute atomic E-state index is 0.150. The van der Waals surface area contributed by atoms with Crippen molar-refractivity contribution in [3.63, 3.8) is 0 Å². The molecule has 0 aliphatic rings. The molecule has 2 nitrogen and oxygen atoms in total. The highest BCUT2D eigenvalue weighted by Gasteiger charge is 2.00. The van der Waals surface area contributed by atoms with Gasteiger partial charge in [0.15, 0.2) is 0 Å². The molecule has 90 valence electrons. The number of nitrogens with zero attached hydrogens (tertiary/aromatic N) is 1. The molecule has 0 radical (unpaired) electrons. The molecule has 0 bridgehead atoms. The van der Waals surface area contributed by atoms with Gasteiger partial charge in [0.2, 0.25) is 0 Å². The number of hydrogen-bond donors (Lipinski definition) is 1. The third kappa shape index (κ3) is 5.24. The van der Waals surface area contributed by atoms with E-state index in [4.69, 9.17) is 5.73 Å². The maximum Gasteiger partial charge on any atom is 0.123 e. The molecule has 0 fully saturated rings. The van der Waals surface area contributed by atoms with Crippen LogP contribution in [-0.2, 0) is 6.42 Å². The van der Waals surface area contributed by atoms with E-state index in [0.717, 1.165) is 44.5 Å². The molecule has 0 aliphatic carbocycles. The highest BCUT2D eigenvalue weighted by molar-refractivity contribution is 5.16. The monoisotopic (exact) mass is 224 g/mol. The number of halogens is 1. The van der Waals surface area contributed by atoms with Gasteiger partial charge in [-0.15, -0.1) is 0 Å². The van der Waals surface area contributed by atoms with Crippen molar-refractivity contribution in [2.75, 3.05) is 26.7 Å². The molecule has 1 aromatic carbocycles. The molecule has 1 rings (SSSR count). The molecule has 0 amide bonds. The molecule has 0 atom stereocenters. The first-order valence-corrected chi connectivity index (χ1v) is 5.85. The zero-order valence-electron chi connectivity index (χ0n) is 9.95. The smallest absolute Gasteiger partial charge is 0.123 e. The quantitative estimate of drug-likeness (QED) is 0.718. The molecule has 0 heterocycles. The second-order valence-corrected chi connectivity index (χ2v) is 4.18. The standard InChI is InChI=1S/C13H21FN2/c1-16(9-3-2-8-15)10-7-12-5-4-6-13(14)11-12/h4-6,11H,2-3,7-10,15H2,1H3. The summed E-state index contributed by atoms with van der Waals surface area (Å²) in [6, 6.07) is 6.82. The molecule has 0 saturated heterocycles. The van der Waals surface area contributed by atoms with Crippen LogP contribution in [0.3, 0.4) is 0 Å². The first kappa shape index (κ1) is 13.1. The van der Waals surface area contributed by atoms with Crippen molar-refractivity contribution in [3.05, 3.63) is 35.6 Å². The van der Waals surface area contributed by atoms with Crippen LogP contribution in [-0.4, -0.2) is 31.6 Å². The predicted molar refractivity (Wildman–Crippen MR) is 65.9 cm³/mol. The van der Waals surface area contributed by atoms with Crippen LogP contribution in [0.15, 0.2) is 24.3 Å². The Hall–Kier alpha value is -0.930. The topological polar surface area (TPSA) is 29.3 Å². The van der Waals surface area contributed by atoms with E-state index in [-0.39, 0.29) is 5.82 Å². The third-order valence-electron chi connectivity index (χ3n) is 2.67. The summed E-state index contributed by atoms with van der Waals surface area (Å²) in [5.74, 6) is -0.150. The van der Waals surface area contributed by atoms with Gasteiger partial charge in [-0.25, -0.2) is 4.39 Å². The molecule has 3 heteroatoms. The Labute approximate surface area is 97.3 Å². The SMILES string of the molecule is CN(CCCCN)CCc1cccc(F)c1. The van der Waals surface area contributed by atoms with Crippen LogP contribution >= 0.6 is 0 Å². The largest absolute Gasteiger partial charge is 0.330 e. The van der Waals surface area contributed by atoms with E-state index in [9.17, 15) is 4.39 Å². The Balaban J connectivity index is 2.23. The normalized spacial score (nSPS) is 11.0. The van der Waals surface area contributed by atoms with E-state index in [0.29, 0.717) is 0 Å². The summed E-state index contributed by atoms with van der Waals surface area (Å²) in [6.45, 7) is 2.79. The molecule has 2 N–H and O–H groups in total. The average Bonchev–Trinajstić information content (AvgIpc) is 2.27. The zero-order chi connectivity index (χ0) is 11.8. The van der Waals surface area contributed by atoms with E-state index in [2.05, 4.69) is 11.9 Å². The molecule has 1 aromatic rings. The van der Waals surface area contributed by atoms with Crippen LogP contribution in [0.4, 0.5) is 4.39 Å². The molecule has 0 saturated carbocycles. The molecule has 0 aromatic heterocycles. The Morgan fingerprint density at radius 3 is 2.75 bits per heavy atom. The Morgan fingerprint density at radius 1 is 1.25 bits per heavy atom. The number of nitrogens with two attached hydrogens (primary N) is 1. The lowest BCUT2D eigenvalue weighted by molar-refractivity contribution is 0.330. The van der Waals surface area contributed by atoms with Crippen molar-refractivity contribution in [1.29, 1.82) is 0 Å². The number of rotatable bonds is 7. The maximum atomic E-state index is 12.9. The van der Waals surface area contributed by atoms with Crippen LogP contribution in [0.25, 0.3) is 0 Å². The highest BCUT2D eigenvalue weighted by Crippen LogP contribution is 2.05. The van der Waals surface area contributed by atoms with E-state index in [1.807, 2.05) is 6.07 Å². The number of likely N-dealkylation sites (N-methyl/N-ethyl adjacent to an activating group) is 1. The third-order valence-corrected chi connectivity index (χ3v) is 2.67. The van der Waals surface area contributed by atoms with Crippen molar-refractivity contribution in [2.24, 2.45) is 5.73 Å². The van der Waals surface area contributed by atoms with E-state index in [1.165, 1.54) is 6.07 Å². The van der Waals surface area contributed by atoms with Crippen LogP contribution in [0, 0.1) is 5.82 Å². The Kier molecular flexibility index (Phi) is 6.04. The Bertz CT molecular complexity index is 302. The van der Waals surface area contributed by atoms with Crippen LogP contribution < -0.4 is 5.73 Å². The van der Waals surface area contributed by atoms with Gasteiger partial charge in [-0.3, -0.25) is 0 Å². The maximum absolute atomic E-state index is 12.9. The summed E-state index contributed by atoms with van der Waals surface area (Å²) >= 11 is 0. The van der Waals surface area contributed by atoms with E-state index >= 15 is 0 Å². The van der Waals surface area contributed by atoms with Gasteiger partial charge in [0, 0.05) is 6.54 Å². The average molecular weight is 224 g/mol. The summed E-state index contributed by atoms with van der Waals surface area (Å²) in [4.78, 5) is 2.26. The van der Waals surface area contributed by atoms with Crippen LogP contribution in [0.2, 0.25) is 0 Å². The Morgan fingerprint density at radius 2 is 2.06 bits per heavy atom. The molecule has 0 unspecified atom stereocenters. The molecular formula is C13H21FN2. The number of hydrogen-bond acceptors (Lipinski definition) is 2. The van der Waals surface area contributed by atoms with Crippen molar-refractivity contribution in [3.8, 4) is 0 Å². The number of benzene rings is 1. The van der Waals surface area contributed by atoms with Gasteiger partial charge in [0.25, 0.3) is 0 Å². The van der Waals surface area contributed by atoms with Gasteiger partial charge in [0.05, 0.1) is 0 Å². The van der Waals surface area contributed by atoms with Gasteiger partial charge < -0.3 is 10.6 Å². The lowest BCUT2D eigenvalue weighted by Gasteiger charge is -2.16. The summed E-state index contributed by atoms with van der Waals surface area (Å²) in [7, 11) is 2.09. The van der Waals surface area contributed by atoms with Gasteiger partial charge in [-0.1, -0.05) is 12.1 Å². The van der Waals surface area contributed by atoms with Crippen molar-refractivity contribution in [2.45, 2.75) is 19.3 Å². The van der Waals surface area contributed by atoms with E-state index < -0.39 is 0 Å². The lowest BCUT2D eigenvalue weighted by atomic mass is 10.1.